The van der Waals surface area contributed by atoms with Crippen molar-refractivity contribution in [3.8, 4) is 0 Å². The third kappa shape index (κ3) is 2.31. The summed E-state index contributed by atoms with van der Waals surface area (Å²) in [6, 6.07) is 0.866. The van der Waals surface area contributed by atoms with Crippen LogP contribution in [0.5, 0.6) is 0 Å². The molecule has 82 valence electrons. The minimum Gasteiger partial charge on any atom is -0.300 e. The highest BCUT2D eigenvalue weighted by molar-refractivity contribution is 4.82. The molecule has 1 heteroatoms. The molecule has 2 fully saturated rings. The maximum absolute atomic E-state index is 2.75. The predicted molar refractivity (Wildman–Crippen MR) is 61.4 cm³/mol. The normalized spacial score (nSPS) is 29.6. The smallest absolute Gasteiger partial charge is 0.00951 e. The molecule has 1 heterocycles. The Morgan fingerprint density at radius 3 is 2.14 bits per heavy atom. The fourth-order valence-corrected chi connectivity index (χ4v) is 3.17. The summed E-state index contributed by atoms with van der Waals surface area (Å²) in [6.45, 7) is 7.58. The van der Waals surface area contributed by atoms with Gasteiger partial charge in [0.05, 0.1) is 0 Å². The minimum absolute atomic E-state index is 0.866. The van der Waals surface area contributed by atoms with Gasteiger partial charge < -0.3 is 4.90 Å². The Kier molecular flexibility index (Phi) is 3.48. The lowest BCUT2D eigenvalue weighted by atomic mass is 9.93. The first-order valence-corrected chi connectivity index (χ1v) is 6.51. The van der Waals surface area contributed by atoms with Gasteiger partial charge in [-0.15, -0.1) is 0 Å². The summed E-state index contributed by atoms with van der Waals surface area (Å²) in [5.41, 5.74) is 0. The summed E-state index contributed by atoms with van der Waals surface area (Å²) in [4.78, 5) is 2.75. The van der Waals surface area contributed by atoms with Gasteiger partial charge >= 0.3 is 0 Å². The molecule has 2 rings (SSSR count). The van der Waals surface area contributed by atoms with Crippen molar-refractivity contribution in [3.05, 3.63) is 0 Å². The molecule has 1 nitrogen and oxygen atoms in total. The van der Waals surface area contributed by atoms with Crippen LogP contribution in [0.2, 0.25) is 0 Å². The first-order valence-electron chi connectivity index (χ1n) is 6.51. The van der Waals surface area contributed by atoms with E-state index in [9.17, 15) is 0 Å². The Morgan fingerprint density at radius 2 is 1.57 bits per heavy atom. The van der Waals surface area contributed by atoms with Gasteiger partial charge in [-0.1, -0.05) is 19.8 Å². The lowest BCUT2D eigenvalue weighted by Crippen LogP contribution is -2.42. The Morgan fingerprint density at radius 1 is 1.00 bits per heavy atom. The van der Waals surface area contributed by atoms with Crippen molar-refractivity contribution in [1.29, 1.82) is 0 Å². The fraction of sp³-hybridized carbons (Fsp3) is 1.00. The zero-order valence-electron chi connectivity index (χ0n) is 9.84. The molecule has 0 bridgehead atoms. The number of piperidine rings is 1. The van der Waals surface area contributed by atoms with Crippen molar-refractivity contribution < 1.29 is 0 Å². The molecule has 2 aliphatic rings. The first kappa shape index (κ1) is 10.5. The van der Waals surface area contributed by atoms with Crippen molar-refractivity contribution in [2.24, 2.45) is 11.8 Å². The third-order valence-corrected chi connectivity index (χ3v) is 4.48. The maximum atomic E-state index is 2.75. The van der Waals surface area contributed by atoms with E-state index < -0.39 is 0 Å². The molecule has 0 aromatic rings. The molecule has 1 saturated carbocycles. The molecule has 0 aromatic carbocycles. The summed E-state index contributed by atoms with van der Waals surface area (Å²) >= 11 is 0. The third-order valence-electron chi connectivity index (χ3n) is 4.48. The van der Waals surface area contributed by atoms with Crippen LogP contribution in [0.25, 0.3) is 0 Å². The lowest BCUT2D eigenvalue weighted by Gasteiger charge is -2.37. The second-order valence-electron chi connectivity index (χ2n) is 5.50. The van der Waals surface area contributed by atoms with E-state index in [1.54, 1.807) is 0 Å². The largest absolute Gasteiger partial charge is 0.300 e. The summed E-state index contributed by atoms with van der Waals surface area (Å²) in [5.74, 6) is 1.99. The highest BCUT2D eigenvalue weighted by Crippen LogP contribution is 2.31. The van der Waals surface area contributed by atoms with Crippen LogP contribution < -0.4 is 0 Å². The van der Waals surface area contributed by atoms with E-state index in [1.165, 1.54) is 51.6 Å². The molecule has 14 heavy (non-hydrogen) atoms. The Balaban J connectivity index is 1.82. The van der Waals surface area contributed by atoms with Crippen LogP contribution in [0.1, 0.15) is 52.4 Å². The van der Waals surface area contributed by atoms with Gasteiger partial charge in [-0.2, -0.15) is 0 Å². The van der Waals surface area contributed by atoms with Gasteiger partial charge in [-0.3, -0.25) is 0 Å². The highest BCUT2D eigenvalue weighted by atomic mass is 15.2. The topological polar surface area (TPSA) is 3.24 Å². The second kappa shape index (κ2) is 4.65. The highest BCUT2D eigenvalue weighted by Gasteiger charge is 2.28. The first-order chi connectivity index (χ1) is 6.77. The molecule has 0 spiro atoms. The Hall–Kier alpha value is -0.0400. The van der Waals surface area contributed by atoms with E-state index in [0.717, 1.165) is 17.9 Å². The summed E-state index contributed by atoms with van der Waals surface area (Å²) < 4.78 is 0. The van der Waals surface area contributed by atoms with Gasteiger partial charge in [0.25, 0.3) is 0 Å². The van der Waals surface area contributed by atoms with E-state index in [2.05, 4.69) is 18.7 Å². The van der Waals surface area contributed by atoms with Gasteiger partial charge in [-0.05, 0) is 57.5 Å². The van der Waals surface area contributed by atoms with E-state index >= 15 is 0 Å². The van der Waals surface area contributed by atoms with E-state index in [1.807, 2.05) is 0 Å². The monoisotopic (exact) mass is 195 g/mol. The van der Waals surface area contributed by atoms with Crippen LogP contribution in [-0.4, -0.2) is 24.0 Å². The zero-order chi connectivity index (χ0) is 9.97. The second-order valence-corrected chi connectivity index (χ2v) is 5.50. The minimum atomic E-state index is 0.866. The van der Waals surface area contributed by atoms with Crippen LogP contribution in [0, 0.1) is 11.8 Å². The summed E-state index contributed by atoms with van der Waals surface area (Å²) in [6.07, 6.45) is 8.81. The molecule has 1 aliphatic carbocycles. The van der Waals surface area contributed by atoms with Gasteiger partial charge in [0.1, 0.15) is 0 Å². The van der Waals surface area contributed by atoms with Crippen molar-refractivity contribution in [3.63, 3.8) is 0 Å². The number of nitrogens with zero attached hydrogens (tertiary/aromatic N) is 1. The molecule has 1 aliphatic heterocycles. The standard InChI is InChI=1S/C13H25N/c1-11-7-9-14(10-8-11)12(2)13-5-3-4-6-13/h11-13H,3-10H2,1-2H3. The van der Waals surface area contributed by atoms with Crippen LogP contribution in [0.3, 0.4) is 0 Å². The van der Waals surface area contributed by atoms with Crippen LogP contribution in [-0.2, 0) is 0 Å². The van der Waals surface area contributed by atoms with Gasteiger partial charge in [-0.25, -0.2) is 0 Å². The molecule has 1 atom stereocenters. The number of hydrogen-bond acceptors (Lipinski definition) is 1. The van der Waals surface area contributed by atoms with Gasteiger partial charge in [0.15, 0.2) is 0 Å². The van der Waals surface area contributed by atoms with Crippen LogP contribution >= 0.6 is 0 Å². The fourth-order valence-electron chi connectivity index (χ4n) is 3.17. The maximum Gasteiger partial charge on any atom is 0.00951 e. The summed E-state index contributed by atoms with van der Waals surface area (Å²) in [7, 11) is 0. The molecule has 0 radical (unpaired) electrons. The van der Waals surface area contributed by atoms with Gasteiger partial charge in [0, 0.05) is 6.04 Å². The summed E-state index contributed by atoms with van der Waals surface area (Å²) in [5, 5.41) is 0. The van der Waals surface area contributed by atoms with Crippen molar-refractivity contribution in [2.75, 3.05) is 13.1 Å². The van der Waals surface area contributed by atoms with Crippen LogP contribution in [0.4, 0.5) is 0 Å². The molecular weight excluding hydrogens is 170 g/mol. The molecule has 0 N–H and O–H groups in total. The predicted octanol–water partition coefficient (Wildman–Crippen LogP) is 3.30. The van der Waals surface area contributed by atoms with Crippen molar-refractivity contribution in [2.45, 2.75) is 58.4 Å². The number of likely N-dealkylation sites (tertiary alicyclic amines) is 1. The molecule has 1 saturated heterocycles. The van der Waals surface area contributed by atoms with Crippen molar-refractivity contribution >= 4 is 0 Å². The van der Waals surface area contributed by atoms with Crippen molar-refractivity contribution in [1.82, 2.24) is 4.90 Å². The number of rotatable bonds is 2. The van der Waals surface area contributed by atoms with E-state index in [0.29, 0.717) is 0 Å². The molecular formula is C13H25N. The Labute approximate surface area is 88.9 Å². The zero-order valence-corrected chi connectivity index (χ0v) is 9.84. The quantitative estimate of drug-likeness (QED) is 0.653. The van der Waals surface area contributed by atoms with Gasteiger partial charge in [0.2, 0.25) is 0 Å². The average Bonchev–Trinajstić information content (AvgIpc) is 2.71. The lowest BCUT2D eigenvalue weighted by molar-refractivity contribution is 0.110. The molecule has 0 amide bonds. The average molecular weight is 195 g/mol. The number of hydrogen-bond donors (Lipinski definition) is 0. The van der Waals surface area contributed by atoms with E-state index in [4.69, 9.17) is 0 Å². The van der Waals surface area contributed by atoms with E-state index in [-0.39, 0.29) is 0 Å². The molecule has 1 unspecified atom stereocenters. The SMILES string of the molecule is CC1CCN(C(C)C2CCCC2)CC1. The molecule has 0 aromatic heterocycles. The van der Waals surface area contributed by atoms with Crippen LogP contribution in [0.15, 0.2) is 0 Å². The Bertz CT molecular complexity index is 164.